The number of carboxylic acid groups (broad SMARTS) is 1. The zero-order chi connectivity index (χ0) is 12.8. The average Bonchev–Trinajstić information content (AvgIpc) is 2.35. The van der Waals surface area contributed by atoms with Gasteiger partial charge in [0.2, 0.25) is 6.41 Å². The van der Waals surface area contributed by atoms with E-state index in [9.17, 15) is 14.7 Å². The third-order valence-electron chi connectivity index (χ3n) is 2.33. The van der Waals surface area contributed by atoms with Crippen molar-refractivity contribution in [3.8, 4) is 0 Å². The van der Waals surface area contributed by atoms with Crippen molar-refractivity contribution in [1.29, 1.82) is 0 Å². The maximum Gasteiger partial charge on any atom is 0.329 e. The van der Waals surface area contributed by atoms with Crippen LogP contribution in [0.5, 0.6) is 0 Å². The summed E-state index contributed by atoms with van der Waals surface area (Å²) >= 11 is 0. The molecule has 0 saturated carbocycles. The first-order valence-corrected chi connectivity index (χ1v) is 4.92. The first-order valence-electron chi connectivity index (χ1n) is 4.92. The fourth-order valence-corrected chi connectivity index (χ4v) is 1.39. The molecule has 0 radical (unpaired) electrons. The summed E-state index contributed by atoms with van der Waals surface area (Å²) in [5, 5.41) is 20.7. The van der Waals surface area contributed by atoms with Crippen molar-refractivity contribution in [2.45, 2.75) is 12.1 Å². The molecule has 1 aromatic rings. The van der Waals surface area contributed by atoms with Crippen molar-refractivity contribution in [3.05, 3.63) is 42.5 Å². The van der Waals surface area contributed by atoms with Gasteiger partial charge in [0, 0.05) is 0 Å². The summed E-state index contributed by atoms with van der Waals surface area (Å²) in [5.41, 5.74) is 0.867. The third kappa shape index (κ3) is 3.15. The lowest BCUT2D eigenvalue weighted by molar-refractivity contribution is -0.142. The van der Waals surface area contributed by atoms with Gasteiger partial charge in [-0.25, -0.2) is 4.79 Å². The number of aliphatic hydroxyl groups excluding tert-OH is 1. The standard InChI is InChI=1S/C12H13NO4/c1-8(9-5-3-2-4-6-9)11(15)10(12(16)17)13-7-14/h2-7,10-11,15H,1H2,(H,13,14)(H,16,17). The van der Waals surface area contributed by atoms with Gasteiger partial charge in [-0.1, -0.05) is 36.9 Å². The van der Waals surface area contributed by atoms with Crippen molar-refractivity contribution in [2.75, 3.05) is 0 Å². The number of carbonyl (C=O) groups is 2. The summed E-state index contributed by atoms with van der Waals surface area (Å²) in [6.07, 6.45) is -1.14. The molecule has 0 heterocycles. The molecule has 0 fully saturated rings. The Kier molecular flexibility index (Phi) is 4.42. The molecule has 0 bridgehead atoms. The van der Waals surface area contributed by atoms with Gasteiger partial charge in [0.25, 0.3) is 0 Å². The molecule has 1 aromatic carbocycles. The van der Waals surface area contributed by atoms with Crippen LogP contribution in [0.25, 0.3) is 5.57 Å². The average molecular weight is 235 g/mol. The molecule has 0 aliphatic rings. The van der Waals surface area contributed by atoms with E-state index in [0.717, 1.165) is 0 Å². The minimum Gasteiger partial charge on any atom is -0.480 e. The van der Waals surface area contributed by atoms with Crippen LogP contribution in [0.2, 0.25) is 0 Å². The van der Waals surface area contributed by atoms with Gasteiger partial charge in [0.05, 0.1) is 0 Å². The van der Waals surface area contributed by atoms with E-state index in [-0.39, 0.29) is 12.0 Å². The number of nitrogens with one attached hydrogen (secondary N) is 1. The highest BCUT2D eigenvalue weighted by molar-refractivity contribution is 5.82. The second kappa shape index (κ2) is 5.81. The van der Waals surface area contributed by atoms with Crippen LogP contribution < -0.4 is 5.32 Å². The Morgan fingerprint density at radius 2 is 1.94 bits per heavy atom. The van der Waals surface area contributed by atoms with Gasteiger partial charge < -0.3 is 15.5 Å². The summed E-state index contributed by atoms with van der Waals surface area (Å²) in [4.78, 5) is 21.1. The van der Waals surface area contributed by atoms with Crippen molar-refractivity contribution >= 4 is 18.0 Å². The summed E-state index contributed by atoms with van der Waals surface area (Å²) in [6.45, 7) is 3.64. The molecule has 0 aromatic heterocycles. The highest BCUT2D eigenvalue weighted by Gasteiger charge is 2.28. The first kappa shape index (κ1) is 12.9. The van der Waals surface area contributed by atoms with E-state index in [1.807, 2.05) is 5.32 Å². The van der Waals surface area contributed by atoms with Crippen LogP contribution in [0.15, 0.2) is 36.9 Å². The van der Waals surface area contributed by atoms with E-state index < -0.39 is 18.1 Å². The molecule has 5 nitrogen and oxygen atoms in total. The van der Waals surface area contributed by atoms with Gasteiger partial charge >= 0.3 is 5.97 Å². The summed E-state index contributed by atoms with van der Waals surface area (Å²) in [6, 6.07) is 7.28. The highest BCUT2D eigenvalue weighted by atomic mass is 16.4. The molecule has 0 aliphatic carbocycles. The molecule has 0 spiro atoms. The maximum absolute atomic E-state index is 10.8. The second-order valence-electron chi connectivity index (χ2n) is 3.44. The van der Waals surface area contributed by atoms with Gasteiger partial charge in [0.15, 0.2) is 6.04 Å². The molecule has 2 unspecified atom stereocenters. The Morgan fingerprint density at radius 1 is 1.35 bits per heavy atom. The van der Waals surface area contributed by atoms with E-state index in [2.05, 4.69) is 6.58 Å². The van der Waals surface area contributed by atoms with Crippen LogP contribution >= 0.6 is 0 Å². The van der Waals surface area contributed by atoms with Crippen molar-refractivity contribution in [3.63, 3.8) is 0 Å². The smallest absolute Gasteiger partial charge is 0.329 e. The number of amides is 1. The molecule has 1 amide bonds. The van der Waals surface area contributed by atoms with Crippen LogP contribution in [0, 0.1) is 0 Å². The number of carbonyl (C=O) groups excluding carboxylic acids is 1. The van der Waals surface area contributed by atoms with Crippen molar-refractivity contribution in [2.24, 2.45) is 0 Å². The fourth-order valence-electron chi connectivity index (χ4n) is 1.39. The predicted octanol–water partition coefficient (Wildman–Crippen LogP) is 0.260. The van der Waals surface area contributed by atoms with Crippen molar-refractivity contribution < 1.29 is 19.8 Å². The second-order valence-corrected chi connectivity index (χ2v) is 3.44. The zero-order valence-electron chi connectivity index (χ0n) is 9.04. The molecular formula is C12H13NO4. The lowest BCUT2D eigenvalue weighted by atomic mass is 9.97. The van der Waals surface area contributed by atoms with Gasteiger partial charge in [-0.15, -0.1) is 0 Å². The normalized spacial score (nSPS) is 13.5. The molecule has 17 heavy (non-hydrogen) atoms. The monoisotopic (exact) mass is 235 g/mol. The van der Waals surface area contributed by atoms with E-state index in [1.54, 1.807) is 30.3 Å². The Bertz CT molecular complexity index is 416. The first-order chi connectivity index (χ1) is 8.07. The molecule has 0 aliphatic heterocycles. The number of hydrogen-bond acceptors (Lipinski definition) is 3. The van der Waals surface area contributed by atoms with E-state index >= 15 is 0 Å². The third-order valence-corrected chi connectivity index (χ3v) is 2.33. The minimum absolute atomic E-state index is 0.236. The van der Waals surface area contributed by atoms with Crippen LogP contribution in [0.4, 0.5) is 0 Å². The maximum atomic E-state index is 10.8. The van der Waals surface area contributed by atoms with Crippen LogP contribution in [0.3, 0.4) is 0 Å². The molecule has 3 N–H and O–H groups in total. The topological polar surface area (TPSA) is 86.6 Å². The number of aliphatic hydroxyl groups is 1. The van der Waals surface area contributed by atoms with Crippen LogP contribution in [-0.4, -0.2) is 34.7 Å². The molecule has 0 saturated heterocycles. The van der Waals surface area contributed by atoms with Crippen molar-refractivity contribution in [1.82, 2.24) is 5.32 Å². The molecule has 5 heteroatoms. The van der Waals surface area contributed by atoms with Gasteiger partial charge in [0.1, 0.15) is 6.10 Å². The lowest BCUT2D eigenvalue weighted by Crippen LogP contribution is -2.45. The Labute approximate surface area is 98.4 Å². The van der Waals surface area contributed by atoms with Gasteiger partial charge in [-0.2, -0.15) is 0 Å². The summed E-state index contributed by atoms with van der Waals surface area (Å²) in [5.74, 6) is -1.32. The van der Waals surface area contributed by atoms with E-state index in [4.69, 9.17) is 5.11 Å². The largest absolute Gasteiger partial charge is 0.480 e. The number of rotatable bonds is 6. The Hall–Kier alpha value is -2.14. The van der Waals surface area contributed by atoms with Crippen LogP contribution in [-0.2, 0) is 9.59 Å². The molecular weight excluding hydrogens is 222 g/mol. The quantitative estimate of drug-likeness (QED) is 0.617. The van der Waals surface area contributed by atoms with E-state index in [1.165, 1.54) is 0 Å². The highest BCUT2D eigenvalue weighted by Crippen LogP contribution is 2.18. The number of benzene rings is 1. The Balaban J connectivity index is 2.88. The molecule has 1 rings (SSSR count). The predicted molar refractivity (Wildman–Crippen MR) is 62.1 cm³/mol. The van der Waals surface area contributed by atoms with Gasteiger partial charge in [-0.3, -0.25) is 4.79 Å². The number of aliphatic carboxylic acids is 1. The van der Waals surface area contributed by atoms with Gasteiger partial charge in [-0.05, 0) is 11.1 Å². The molecule has 90 valence electrons. The summed E-state index contributed by atoms with van der Waals surface area (Å²) < 4.78 is 0. The minimum atomic E-state index is -1.40. The fraction of sp³-hybridized carbons (Fsp3) is 0.167. The van der Waals surface area contributed by atoms with Crippen LogP contribution in [0.1, 0.15) is 5.56 Å². The molecule has 2 atom stereocenters. The number of hydrogen-bond donors (Lipinski definition) is 3. The SMILES string of the molecule is C=C(c1ccccc1)C(O)C(NC=O)C(=O)O. The Morgan fingerprint density at radius 3 is 2.41 bits per heavy atom. The summed E-state index contributed by atoms with van der Waals surface area (Å²) in [7, 11) is 0. The number of carboxylic acids is 1. The lowest BCUT2D eigenvalue weighted by Gasteiger charge is -2.20. The van der Waals surface area contributed by atoms with E-state index in [0.29, 0.717) is 5.56 Å². The zero-order valence-corrected chi connectivity index (χ0v) is 9.04.